The van der Waals surface area contributed by atoms with Gasteiger partial charge in [0.25, 0.3) is 11.5 Å². The predicted molar refractivity (Wildman–Crippen MR) is 137 cm³/mol. The van der Waals surface area contributed by atoms with Gasteiger partial charge in [0, 0.05) is 16.8 Å². The van der Waals surface area contributed by atoms with Crippen LogP contribution in [0.4, 0.5) is 5.69 Å². The minimum atomic E-state index is -0.303. The number of rotatable bonds is 7. The predicted octanol–water partition coefficient (Wildman–Crippen LogP) is 5.02. The molecular weight excluding hydrogens is 444 g/mol. The SMILES string of the molecule is COc1cc(C(=O)N(Cc2cc3cccc(C)c3[nH]c2=O)c2ccccc2C)cc(OC)c1OC. The van der Waals surface area contributed by atoms with E-state index in [9.17, 15) is 9.59 Å². The van der Waals surface area contributed by atoms with Crippen LogP contribution in [0.1, 0.15) is 27.0 Å². The second kappa shape index (κ2) is 9.93. The number of amides is 1. The molecule has 180 valence electrons. The van der Waals surface area contributed by atoms with Gasteiger partial charge in [-0.3, -0.25) is 9.59 Å². The van der Waals surface area contributed by atoms with Crippen LogP contribution in [0, 0.1) is 13.8 Å². The van der Waals surface area contributed by atoms with Crippen LogP contribution >= 0.6 is 0 Å². The molecule has 0 aliphatic heterocycles. The number of nitrogens with zero attached hydrogens (tertiary/aromatic N) is 1. The van der Waals surface area contributed by atoms with Crippen LogP contribution in [-0.4, -0.2) is 32.2 Å². The topological polar surface area (TPSA) is 80.9 Å². The molecule has 0 fully saturated rings. The number of H-pyrrole nitrogens is 1. The molecule has 7 nitrogen and oxygen atoms in total. The maximum atomic E-state index is 13.9. The van der Waals surface area contributed by atoms with E-state index >= 15 is 0 Å². The molecule has 1 amide bonds. The first-order chi connectivity index (χ1) is 16.9. The Morgan fingerprint density at radius 1 is 0.857 bits per heavy atom. The highest BCUT2D eigenvalue weighted by molar-refractivity contribution is 6.07. The average Bonchev–Trinajstić information content (AvgIpc) is 2.87. The van der Waals surface area contributed by atoms with Crippen LogP contribution in [0.25, 0.3) is 10.9 Å². The van der Waals surface area contributed by atoms with Crippen molar-refractivity contribution in [1.29, 1.82) is 0 Å². The zero-order chi connectivity index (χ0) is 25.1. The van der Waals surface area contributed by atoms with Gasteiger partial charge < -0.3 is 24.1 Å². The van der Waals surface area contributed by atoms with E-state index in [1.807, 2.05) is 62.4 Å². The number of aromatic nitrogens is 1. The lowest BCUT2D eigenvalue weighted by atomic mass is 10.1. The molecule has 0 spiro atoms. The van der Waals surface area contributed by atoms with Gasteiger partial charge in [-0.05, 0) is 54.6 Å². The summed E-state index contributed by atoms with van der Waals surface area (Å²) in [6, 6.07) is 18.5. The summed E-state index contributed by atoms with van der Waals surface area (Å²) in [5.41, 5.74) is 3.97. The lowest BCUT2D eigenvalue weighted by Gasteiger charge is -2.25. The van der Waals surface area contributed by atoms with E-state index < -0.39 is 0 Å². The van der Waals surface area contributed by atoms with Crippen molar-refractivity contribution in [1.82, 2.24) is 4.98 Å². The maximum Gasteiger partial charge on any atom is 0.258 e. The lowest BCUT2D eigenvalue weighted by molar-refractivity contribution is 0.0984. The summed E-state index contributed by atoms with van der Waals surface area (Å²) in [5, 5.41) is 0.907. The molecule has 3 aromatic carbocycles. The molecule has 1 aromatic heterocycles. The standard InChI is InChI=1S/C28H28N2O5/c1-17-9-6-7-12-22(17)30(16-21-13-19-11-8-10-18(2)25(19)29-27(21)31)28(32)20-14-23(33-3)26(35-5)24(15-20)34-4/h6-15H,16H2,1-5H3,(H,29,31). The Hall–Kier alpha value is -4.26. The molecule has 7 heteroatoms. The fourth-order valence-corrected chi connectivity index (χ4v) is 4.21. The number of methoxy groups -OCH3 is 3. The van der Waals surface area contributed by atoms with E-state index in [-0.39, 0.29) is 18.0 Å². The molecule has 0 aliphatic carbocycles. The van der Waals surface area contributed by atoms with Gasteiger partial charge in [-0.1, -0.05) is 36.4 Å². The molecule has 4 rings (SSSR count). The van der Waals surface area contributed by atoms with Crippen LogP contribution in [0.15, 0.2) is 65.5 Å². The van der Waals surface area contributed by atoms with Crippen LogP contribution in [-0.2, 0) is 6.54 Å². The van der Waals surface area contributed by atoms with E-state index in [0.29, 0.717) is 34.1 Å². The van der Waals surface area contributed by atoms with Gasteiger partial charge in [0.05, 0.1) is 33.4 Å². The first-order valence-electron chi connectivity index (χ1n) is 11.2. The van der Waals surface area contributed by atoms with Gasteiger partial charge in [-0.25, -0.2) is 0 Å². The number of carbonyl (C=O) groups is 1. The Morgan fingerprint density at radius 3 is 2.14 bits per heavy atom. The van der Waals surface area contributed by atoms with E-state index in [1.54, 1.807) is 17.0 Å². The van der Waals surface area contributed by atoms with Crippen LogP contribution in [0.5, 0.6) is 17.2 Å². The quantitative estimate of drug-likeness (QED) is 0.409. The Labute approximate surface area is 203 Å². The van der Waals surface area contributed by atoms with E-state index in [0.717, 1.165) is 22.0 Å². The highest BCUT2D eigenvalue weighted by Gasteiger charge is 2.24. The minimum Gasteiger partial charge on any atom is -0.493 e. The van der Waals surface area contributed by atoms with E-state index in [2.05, 4.69) is 4.98 Å². The summed E-state index contributed by atoms with van der Waals surface area (Å²) in [6.07, 6.45) is 0. The van der Waals surface area contributed by atoms with Gasteiger partial charge in [0.15, 0.2) is 11.5 Å². The number of hydrogen-bond donors (Lipinski definition) is 1. The number of fused-ring (bicyclic) bond motifs is 1. The summed E-state index contributed by atoms with van der Waals surface area (Å²) in [7, 11) is 4.51. The zero-order valence-corrected chi connectivity index (χ0v) is 20.5. The molecule has 0 aliphatic rings. The van der Waals surface area contributed by atoms with E-state index in [4.69, 9.17) is 14.2 Å². The number of pyridine rings is 1. The number of ether oxygens (including phenoxy) is 3. The molecule has 0 unspecified atom stereocenters. The second-order valence-corrected chi connectivity index (χ2v) is 8.25. The van der Waals surface area contributed by atoms with Crippen molar-refractivity contribution in [3.05, 3.63) is 93.3 Å². The van der Waals surface area contributed by atoms with Gasteiger partial charge >= 0.3 is 0 Å². The van der Waals surface area contributed by atoms with Crippen LogP contribution in [0.2, 0.25) is 0 Å². The molecule has 35 heavy (non-hydrogen) atoms. The largest absolute Gasteiger partial charge is 0.493 e. The van der Waals surface area contributed by atoms with Crippen molar-refractivity contribution in [3.63, 3.8) is 0 Å². The summed E-state index contributed by atoms with van der Waals surface area (Å²) < 4.78 is 16.3. The number of nitrogens with one attached hydrogen (secondary N) is 1. The molecule has 0 saturated heterocycles. The Kier molecular flexibility index (Phi) is 6.78. The van der Waals surface area contributed by atoms with Gasteiger partial charge in [0.2, 0.25) is 5.75 Å². The fourth-order valence-electron chi connectivity index (χ4n) is 4.21. The fraction of sp³-hybridized carbons (Fsp3) is 0.214. The third kappa shape index (κ3) is 4.57. The number of hydrogen-bond acceptors (Lipinski definition) is 5. The summed E-state index contributed by atoms with van der Waals surface area (Å²) in [4.78, 5) is 31.5. The van der Waals surface area contributed by atoms with Crippen LogP contribution < -0.4 is 24.7 Å². The molecule has 4 aromatic rings. The average molecular weight is 473 g/mol. The Morgan fingerprint density at radius 2 is 1.51 bits per heavy atom. The summed E-state index contributed by atoms with van der Waals surface area (Å²) >= 11 is 0. The van der Waals surface area contributed by atoms with Gasteiger partial charge in [-0.2, -0.15) is 0 Å². The monoisotopic (exact) mass is 472 g/mol. The normalized spacial score (nSPS) is 10.8. The molecule has 0 atom stereocenters. The van der Waals surface area contributed by atoms with Crippen molar-refractivity contribution in [2.75, 3.05) is 26.2 Å². The lowest BCUT2D eigenvalue weighted by Crippen LogP contribution is -2.33. The van der Waals surface area contributed by atoms with Crippen molar-refractivity contribution < 1.29 is 19.0 Å². The summed E-state index contributed by atoms with van der Waals surface area (Å²) in [5.74, 6) is 0.843. The summed E-state index contributed by atoms with van der Waals surface area (Å²) in [6.45, 7) is 3.96. The molecule has 0 saturated carbocycles. The highest BCUT2D eigenvalue weighted by Crippen LogP contribution is 2.39. The van der Waals surface area contributed by atoms with Crippen molar-refractivity contribution >= 4 is 22.5 Å². The molecule has 0 bridgehead atoms. The molecule has 1 N–H and O–H groups in total. The number of aromatic amines is 1. The molecule has 1 heterocycles. The van der Waals surface area contributed by atoms with Gasteiger partial charge in [-0.15, -0.1) is 0 Å². The smallest absolute Gasteiger partial charge is 0.258 e. The Bertz CT molecular complexity index is 1430. The number of carbonyl (C=O) groups excluding carboxylic acids is 1. The van der Waals surface area contributed by atoms with Crippen LogP contribution in [0.3, 0.4) is 0 Å². The molecular formula is C28H28N2O5. The molecule has 0 radical (unpaired) electrons. The highest BCUT2D eigenvalue weighted by atomic mass is 16.5. The van der Waals surface area contributed by atoms with Crippen molar-refractivity contribution in [2.24, 2.45) is 0 Å². The zero-order valence-electron chi connectivity index (χ0n) is 20.5. The van der Waals surface area contributed by atoms with E-state index in [1.165, 1.54) is 21.3 Å². The third-order valence-corrected chi connectivity index (χ3v) is 6.06. The number of aryl methyl sites for hydroxylation is 2. The maximum absolute atomic E-state index is 13.9. The van der Waals surface area contributed by atoms with Crippen molar-refractivity contribution in [3.8, 4) is 17.2 Å². The number of benzene rings is 3. The number of anilines is 1. The third-order valence-electron chi connectivity index (χ3n) is 6.06. The minimum absolute atomic E-state index is 0.0829. The number of para-hydroxylation sites is 2. The first-order valence-corrected chi connectivity index (χ1v) is 11.2. The van der Waals surface area contributed by atoms with Gasteiger partial charge in [0.1, 0.15) is 0 Å². The Balaban J connectivity index is 1.85. The first kappa shape index (κ1) is 23.9. The van der Waals surface area contributed by atoms with Crippen molar-refractivity contribution in [2.45, 2.75) is 20.4 Å². The second-order valence-electron chi connectivity index (χ2n) is 8.25.